The molecule has 0 saturated carbocycles. The van der Waals surface area contributed by atoms with Crippen molar-refractivity contribution in [3.05, 3.63) is 47.9 Å². The molecule has 0 atom stereocenters. The maximum Gasteiger partial charge on any atom is 0.141 e. The molecule has 5 heteroatoms. The number of ether oxygens (including phenoxy) is 4. The van der Waals surface area contributed by atoms with E-state index in [1.807, 2.05) is 25.1 Å². The minimum absolute atomic E-state index is 0.509. The molecular formula is C19H22O5. The van der Waals surface area contributed by atoms with Gasteiger partial charge >= 0.3 is 0 Å². The van der Waals surface area contributed by atoms with Crippen molar-refractivity contribution in [3.63, 3.8) is 0 Å². The van der Waals surface area contributed by atoms with Crippen LogP contribution < -0.4 is 9.47 Å². The van der Waals surface area contributed by atoms with Crippen molar-refractivity contribution in [2.24, 2.45) is 0 Å². The van der Waals surface area contributed by atoms with E-state index in [4.69, 9.17) is 23.4 Å². The van der Waals surface area contributed by atoms with E-state index in [1.165, 1.54) is 0 Å². The number of methoxy groups -OCH3 is 4. The lowest BCUT2D eigenvalue weighted by molar-refractivity contribution is 0.297. The van der Waals surface area contributed by atoms with Crippen LogP contribution in [-0.2, 0) is 9.47 Å². The molecule has 0 radical (unpaired) electrons. The van der Waals surface area contributed by atoms with Gasteiger partial charge in [0.2, 0.25) is 0 Å². The highest BCUT2D eigenvalue weighted by atomic mass is 16.5. The third kappa shape index (κ3) is 3.74. The first-order valence-electron chi connectivity index (χ1n) is 7.35. The average Bonchev–Trinajstić information content (AvgIpc) is 3.04. The van der Waals surface area contributed by atoms with Gasteiger partial charge in [0.05, 0.1) is 39.8 Å². The Labute approximate surface area is 142 Å². The zero-order valence-corrected chi connectivity index (χ0v) is 14.6. The van der Waals surface area contributed by atoms with Crippen molar-refractivity contribution in [2.45, 2.75) is 6.92 Å². The van der Waals surface area contributed by atoms with Gasteiger partial charge in [0.1, 0.15) is 28.8 Å². The molecule has 0 saturated heterocycles. The van der Waals surface area contributed by atoms with Crippen LogP contribution in [0.2, 0.25) is 0 Å². The van der Waals surface area contributed by atoms with Crippen LogP contribution in [-0.4, -0.2) is 28.4 Å². The van der Waals surface area contributed by atoms with Crippen LogP contribution in [0.5, 0.6) is 11.5 Å². The minimum Gasteiger partial charge on any atom is -0.501 e. The SMILES string of the molecule is C=C(OC)c1cc(-c2cc(OC)cc(OC)c2)oc1/C=C(\C)OC. The molecular weight excluding hydrogens is 308 g/mol. The molecule has 0 aliphatic rings. The highest BCUT2D eigenvalue weighted by molar-refractivity contribution is 5.74. The zero-order valence-electron chi connectivity index (χ0n) is 14.6. The quantitative estimate of drug-likeness (QED) is 0.695. The number of rotatable bonds is 7. The van der Waals surface area contributed by atoms with E-state index in [9.17, 15) is 0 Å². The Morgan fingerprint density at radius 3 is 2.08 bits per heavy atom. The zero-order chi connectivity index (χ0) is 17.7. The van der Waals surface area contributed by atoms with Gasteiger partial charge in [-0.3, -0.25) is 0 Å². The summed E-state index contributed by atoms with van der Waals surface area (Å²) in [7, 11) is 6.39. The molecule has 0 unspecified atom stereocenters. The Morgan fingerprint density at radius 1 is 0.958 bits per heavy atom. The fraction of sp³-hybridized carbons (Fsp3) is 0.263. The molecule has 0 spiro atoms. The van der Waals surface area contributed by atoms with E-state index >= 15 is 0 Å². The number of furan rings is 1. The van der Waals surface area contributed by atoms with Crippen LogP contribution in [0.15, 0.2) is 41.0 Å². The average molecular weight is 330 g/mol. The van der Waals surface area contributed by atoms with Crippen molar-refractivity contribution >= 4 is 11.8 Å². The molecule has 24 heavy (non-hydrogen) atoms. The second kappa shape index (κ2) is 7.64. The summed E-state index contributed by atoms with van der Waals surface area (Å²) in [6.07, 6.45) is 1.79. The number of allylic oxidation sites excluding steroid dienone is 1. The van der Waals surface area contributed by atoms with E-state index in [2.05, 4.69) is 6.58 Å². The van der Waals surface area contributed by atoms with E-state index in [1.54, 1.807) is 40.6 Å². The largest absolute Gasteiger partial charge is 0.501 e. The van der Waals surface area contributed by atoms with Crippen molar-refractivity contribution in [2.75, 3.05) is 28.4 Å². The van der Waals surface area contributed by atoms with Crippen molar-refractivity contribution < 1.29 is 23.4 Å². The van der Waals surface area contributed by atoms with Crippen LogP contribution in [0, 0.1) is 0 Å². The number of hydrogen-bond acceptors (Lipinski definition) is 5. The van der Waals surface area contributed by atoms with Crippen molar-refractivity contribution in [1.82, 2.24) is 0 Å². The van der Waals surface area contributed by atoms with Gasteiger partial charge in [-0.25, -0.2) is 0 Å². The molecule has 0 aliphatic heterocycles. The predicted molar refractivity (Wildman–Crippen MR) is 94.0 cm³/mol. The van der Waals surface area contributed by atoms with Gasteiger partial charge in [0.15, 0.2) is 0 Å². The summed E-state index contributed by atoms with van der Waals surface area (Å²) in [6, 6.07) is 7.42. The second-order valence-electron chi connectivity index (χ2n) is 5.08. The maximum absolute atomic E-state index is 5.99. The van der Waals surface area contributed by atoms with Gasteiger partial charge in [0, 0.05) is 17.7 Å². The first kappa shape index (κ1) is 17.5. The number of hydrogen-bond donors (Lipinski definition) is 0. The van der Waals surface area contributed by atoms with Crippen LogP contribution in [0.3, 0.4) is 0 Å². The predicted octanol–water partition coefficient (Wildman–Crippen LogP) is 4.59. The molecule has 0 N–H and O–H groups in total. The molecule has 2 aromatic rings. The highest BCUT2D eigenvalue weighted by Crippen LogP contribution is 2.35. The molecule has 2 rings (SSSR count). The smallest absolute Gasteiger partial charge is 0.141 e. The topological polar surface area (TPSA) is 50.1 Å². The van der Waals surface area contributed by atoms with E-state index < -0.39 is 0 Å². The first-order valence-corrected chi connectivity index (χ1v) is 7.35. The van der Waals surface area contributed by atoms with Crippen LogP contribution in [0.1, 0.15) is 18.2 Å². The number of benzene rings is 1. The lowest BCUT2D eigenvalue weighted by Crippen LogP contribution is -1.88. The van der Waals surface area contributed by atoms with Gasteiger partial charge in [0.25, 0.3) is 0 Å². The van der Waals surface area contributed by atoms with Crippen LogP contribution >= 0.6 is 0 Å². The summed E-state index contributed by atoms with van der Waals surface area (Å²) in [6.45, 7) is 5.75. The lowest BCUT2D eigenvalue weighted by Gasteiger charge is -2.06. The normalized spacial score (nSPS) is 11.1. The van der Waals surface area contributed by atoms with E-state index in [-0.39, 0.29) is 0 Å². The van der Waals surface area contributed by atoms with Crippen LogP contribution in [0.25, 0.3) is 23.2 Å². The van der Waals surface area contributed by atoms with Gasteiger partial charge in [-0.2, -0.15) is 0 Å². The third-order valence-electron chi connectivity index (χ3n) is 3.60. The first-order chi connectivity index (χ1) is 11.5. The Bertz CT molecular complexity index is 733. The van der Waals surface area contributed by atoms with Gasteiger partial charge in [-0.1, -0.05) is 6.58 Å². The molecule has 0 fully saturated rings. The monoisotopic (exact) mass is 330 g/mol. The summed E-state index contributed by atoms with van der Waals surface area (Å²) >= 11 is 0. The van der Waals surface area contributed by atoms with Crippen molar-refractivity contribution in [3.8, 4) is 22.8 Å². The van der Waals surface area contributed by atoms with Gasteiger partial charge < -0.3 is 23.4 Å². The molecule has 1 aromatic carbocycles. The highest BCUT2D eigenvalue weighted by Gasteiger charge is 2.16. The lowest BCUT2D eigenvalue weighted by atomic mass is 10.1. The maximum atomic E-state index is 5.99. The van der Waals surface area contributed by atoms with Gasteiger partial charge in [-0.05, 0) is 25.1 Å². The van der Waals surface area contributed by atoms with Crippen molar-refractivity contribution in [1.29, 1.82) is 0 Å². The summed E-state index contributed by atoms with van der Waals surface area (Å²) in [5.74, 6) is 3.84. The van der Waals surface area contributed by atoms with Gasteiger partial charge in [-0.15, -0.1) is 0 Å². The third-order valence-corrected chi connectivity index (χ3v) is 3.60. The Balaban J connectivity index is 2.57. The van der Waals surface area contributed by atoms with E-state index in [0.29, 0.717) is 34.5 Å². The molecule has 1 heterocycles. The second-order valence-corrected chi connectivity index (χ2v) is 5.08. The van der Waals surface area contributed by atoms with E-state index in [0.717, 1.165) is 11.1 Å². The molecule has 0 aliphatic carbocycles. The van der Waals surface area contributed by atoms with Crippen LogP contribution in [0.4, 0.5) is 0 Å². The Kier molecular flexibility index (Phi) is 5.58. The molecule has 128 valence electrons. The molecule has 5 nitrogen and oxygen atoms in total. The summed E-state index contributed by atoms with van der Waals surface area (Å²) in [4.78, 5) is 0. The summed E-state index contributed by atoms with van der Waals surface area (Å²) < 4.78 is 27.1. The fourth-order valence-corrected chi connectivity index (χ4v) is 2.18. The summed E-state index contributed by atoms with van der Waals surface area (Å²) in [5.41, 5.74) is 1.58. The Morgan fingerprint density at radius 2 is 1.58 bits per heavy atom. The summed E-state index contributed by atoms with van der Waals surface area (Å²) in [5, 5.41) is 0. The minimum atomic E-state index is 0.509. The molecule has 1 aromatic heterocycles. The molecule has 0 bridgehead atoms. The fourth-order valence-electron chi connectivity index (χ4n) is 2.18. The standard InChI is InChI=1S/C19H22O5/c1-12(20-3)7-19-17(13(2)21-4)11-18(24-19)14-8-15(22-5)10-16(9-14)23-6/h7-11H,2H2,1,3-6H3/b12-7+. The molecule has 0 amide bonds. The Hall–Kier alpha value is -2.82.